The van der Waals surface area contributed by atoms with Crippen LogP contribution in [-0.4, -0.2) is 36.0 Å². The minimum atomic E-state index is -0.936. The summed E-state index contributed by atoms with van der Waals surface area (Å²) < 4.78 is 5.14. The number of amides is 3. The zero-order valence-corrected chi connectivity index (χ0v) is 21.6. The number of methoxy groups -OCH3 is 1. The van der Waals surface area contributed by atoms with Crippen LogP contribution in [0.4, 0.5) is 11.4 Å². The molecule has 0 unspecified atom stereocenters. The molecule has 0 aliphatic carbocycles. The predicted octanol–water partition coefficient (Wildman–Crippen LogP) is 4.94. The van der Waals surface area contributed by atoms with Gasteiger partial charge in [-0.15, -0.1) is 0 Å². The van der Waals surface area contributed by atoms with Crippen molar-refractivity contribution in [3.63, 3.8) is 0 Å². The molecule has 0 fully saturated rings. The van der Waals surface area contributed by atoms with Crippen LogP contribution in [0.2, 0.25) is 0 Å². The van der Waals surface area contributed by atoms with Crippen molar-refractivity contribution in [1.29, 1.82) is 0 Å². The summed E-state index contributed by atoms with van der Waals surface area (Å²) >= 11 is 0. The smallest absolute Gasteiger partial charge is 0.255 e. The summed E-state index contributed by atoms with van der Waals surface area (Å²) in [6.07, 6.45) is 0.185. The Bertz CT molecular complexity index is 1450. The standard InChI is InChI=1S/C31H29N3O5/c1-20-7-13-23(14-8-20)32-31(38)28(19-21-9-15-24(35)16-10-21)34-30(37)26-5-3-4-6-27(26)33-29(36)22-11-17-25(39-2)18-12-22/h3-18,28,35H,19H2,1-2H3,(H,32,38)(H,33,36)(H,34,37)/t28-/m0/s1. The first-order chi connectivity index (χ1) is 18.8. The van der Waals surface area contributed by atoms with Gasteiger partial charge in [0.05, 0.1) is 18.4 Å². The fourth-order valence-corrected chi connectivity index (χ4v) is 3.91. The number of carbonyl (C=O) groups excluding carboxylic acids is 3. The number of phenols is 1. The number of ether oxygens (including phenoxy) is 1. The third-order valence-electron chi connectivity index (χ3n) is 6.09. The maximum absolute atomic E-state index is 13.4. The lowest BCUT2D eigenvalue weighted by Crippen LogP contribution is -2.45. The number of aromatic hydroxyl groups is 1. The van der Waals surface area contributed by atoms with Crippen molar-refractivity contribution in [2.24, 2.45) is 0 Å². The van der Waals surface area contributed by atoms with Crippen molar-refractivity contribution in [2.45, 2.75) is 19.4 Å². The lowest BCUT2D eigenvalue weighted by Gasteiger charge is -2.20. The van der Waals surface area contributed by atoms with Gasteiger partial charge in [0.1, 0.15) is 17.5 Å². The van der Waals surface area contributed by atoms with Crippen LogP contribution in [0.1, 0.15) is 31.8 Å². The van der Waals surface area contributed by atoms with E-state index in [0.29, 0.717) is 22.7 Å². The van der Waals surface area contributed by atoms with E-state index in [-0.39, 0.29) is 17.7 Å². The number of nitrogens with one attached hydrogen (secondary N) is 3. The fourth-order valence-electron chi connectivity index (χ4n) is 3.91. The highest BCUT2D eigenvalue weighted by Crippen LogP contribution is 2.19. The molecule has 0 aliphatic rings. The molecule has 4 rings (SSSR count). The number of para-hydroxylation sites is 1. The van der Waals surface area contributed by atoms with Gasteiger partial charge in [0, 0.05) is 17.7 Å². The summed E-state index contributed by atoms with van der Waals surface area (Å²) in [6, 6.07) is 26.0. The first-order valence-corrected chi connectivity index (χ1v) is 12.3. The lowest BCUT2D eigenvalue weighted by molar-refractivity contribution is -0.118. The molecule has 8 heteroatoms. The van der Waals surface area contributed by atoms with Gasteiger partial charge >= 0.3 is 0 Å². The molecule has 0 aromatic heterocycles. The topological polar surface area (TPSA) is 117 Å². The molecule has 0 saturated carbocycles. The molecule has 8 nitrogen and oxygen atoms in total. The Balaban J connectivity index is 1.54. The zero-order valence-electron chi connectivity index (χ0n) is 21.6. The summed E-state index contributed by atoms with van der Waals surface area (Å²) in [5.74, 6) is -0.598. The van der Waals surface area contributed by atoms with Crippen molar-refractivity contribution in [3.05, 3.63) is 119 Å². The largest absolute Gasteiger partial charge is 0.508 e. The summed E-state index contributed by atoms with van der Waals surface area (Å²) in [6.45, 7) is 1.95. The van der Waals surface area contributed by atoms with Crippen molar-refractivity contribution in [1.82, 2.24) is 5.32 Å². The number of hydrogen-bond donors (Lipinski definition) is 4. The van der Waals surface area contributed by atoms with Crippen molar-refractivity contribution in [3.8, 4) is 11.5 Å². The van der Waals surface area contributed by atoms with E-state index in [9.17, 15) is 19.5 Å². The second kappa shape index (κ2) is 12.4. The second-order valence-corrected chi connectivity index (χ2v) is 8.98. The summed E-state index contributed by atoms with van der Waals surface area (Å²) in [5, 5.41) is 18.1. The minimum absolute atomic E-state index is 0.102. The van der Waals surface area contributed by atoms with E-state index in [1.807, 2.05) is 19.1 Å². The van der Waals surface area contributed by atoms with Crippen LogP contribution >= 0.6 is 0 Å². The molecule has 4 aromatic rings. The van der Waals surface area contributed by atoms with Crippen LogP contribution in [0.25, 0.3) is 0 Å². The van der Waals surface area contributed by atoms with E-state index < -0.39 is 23.8 Å². The molecule has 0 aliphatic heterocycles. The Morgan fingerprint density at radius 1 is 0.795 bits per heavy atom. The molecule has 1 atom stereocenters. The van der Waals surface area contributed by atoms with E-state index in [4.69, 9.17) is 4.74 Å². The number of hydrogen-bond acceptors (Lipinski definition) is 5. The highest BCUT2D eigenvalue weighted by atomic mass is 16.5. The van der Waals surface area contributed by atoms with E-state index in [1.165, 1.54) is 12.1 Å². The van der Waals surface area contributed by atoms with Crippen LogP contribution in [0.15, 0.2) is 97.1 Å². The lowest BCUT2D eigenvalue weighted by atomic mass is 10.0. The van der Waals surface area contributed by atoms with Crippen molar-refractivity contribution < 1.29 is 24.2 Å². The van der Waals surface area contributed by atoms with Gasteiger partial charge in [0.15, 0.2) is 0 Å². The van der Waals surface area contributed by atoms with Gasteiger partial charge in [-0.3, -0.25) is 14.4 Å². The van der Waals surface area contributed by atoms with Gasteiger partial charge in [-0.2, -0.15) is 0 Å². The molecule has 0 bridgehead atoms. The fraction of sp³-hybridized carbons (Fsp3) is 0.129. The monoisotopic (exact) mass is 523 g/mol. The molecule has 198 valence electrons. The molecule has 0 spiro atoms. The van der Waals surface area contributed by atoms with Gasteiger partial charge in [-0.25, -0.2) is 0 Å². The molecular weight excluding hydrogens is 494 g/mol. The van der Waals surface area contributed by atoms with Gasteiger partial charge < -0.3 is 25.8 Å². The van der Waals surface area contributed by atoms with E-state index >= 15 is 0 Å². The number of carbonyl (C=O) groups is 3. The second-order valence-electron chi connectivity index (χ2n) is 8.98. The van der Waals surface area contributed by atoms with E-state index in [2.05, 4.69) is 16.0 Å². The van der Waals surface area contributed by atoms with E-state index in [0.717, 1.165) is 11.1 Å². The maximum atomic E-state index is 13.4. The SMILES string of the molecule is COc1ccc(C(=O)Nc2ccccc2C(=O)N[C@@H](Cc2ccc(O)cc2)C(=O)Nc2ccc(C)cc2)cc1. The third-order valence-corrected chi connectivity index (χ3v) is 6.09. The highest BCUT2D eigenvalue weighted by Gasteiger charge is 2.24. The maximum Gasteiger partial charge on any atom is 0.255 e. The first-order valence-electron chi connectivity index (χ1n) is 12.3. The number of benzene rings is 4. The Morgan fingerprint density at radius 2 is 1.46 bits per heavy atom. The molecule has 39 heavy (non-hydrogen) atoms. The number of anilines is 2. The van der Waals surface area contributed by atoms with Crippen LogP contribution in [0.5, 0.6) is 11.5 Å². The van der Waals surface area contributed by atoms with Crippen LogP contribution < -0.4 is 20.7 Å². The van der Waals surface area contributed by atoms with Gasteiger partial charge in [-0.05, 0) is 73.2 Å². The molecule has 4 N–H and O–H groups in total. The summed E-state index contributed by atoms with van der Waals surface area (Å²) in [4.78, 5) is 39.6. The van der Waals surface area contributed by atoms with E-state index in [1.54, 1.807) is 79.9 Å². The summed E-state index contributed by atoms with van der Waals surface area (Å²) in [7, 11) is 1.54. The zero-order chi connectivity index (χ0) is 27.8. The Morgan fingerprint density at radius 3 is 2.13 bits per heavy atom. The predicted molar refractivity (Wildman–Crippen MR) is 150 cm³/mol. The normalized spacial score (nSPS) is 11.2. The van der Waals surface area contributed by atoms with Gasteiger partial charge in [-0.1, -0.05) is 42.0 Å². The van der Waals surface area contributed by atoms with Crippen LogP contribution in [0.3, 0.4) is 0 Å². The average molecular weight is 524 g/mol. The van der Waals surface area contributed by atoms with Gasteiger partial charge in [0.2, 0.25) is 5.91 Å². The molecule has 0 saturated heterocycles. The third kappa shape index (κ3) is 7.23. The molecule has 0 radical (unpaired) electrons. The molecule has 0 heterocycles. The minimum Gasteiger partial charge on any atom is -0.508 e. The Hall–Kier alpha value is -5.11. The van der Waals surface area contributed by atoms with Crippen LogP contribution in [-0.2, 0) is 11.2 Å². The number of phenolic OH excluding ortho intramolecular Hbond substituents is 1. The van der Waals surface area contributed by atoms with Crippen molar-refractivity contribution >= 4 is 29.1 Å². The highest BCUT2D eigenvalue weighted by molar-refractivity contribution is 6.10. The van der Waals surface area contributed by atoms with Crippen molar-refractivity contribution in [2.75, 3.05) is 17.7 Å². The Labute approximate surface area is 226 Å². The molecular formula is C31H29N3O5. The number of aryl methyl sites for hydroxylation is 1. The number of rotatable bonds is 9. The quantitative estimate of drug-likeness (QED) is 0.248. The van der Waals surface area contributed by atoms with Gasteiger partial charge in [0.25, 0.3) is 11.8 Å². The molecule has 4 aromatic carbocycles. The Kier molecular flexibility index (Phi) is 8.58. The first kappa shape index (κ1) is 26.9. The molecule has 3 amide bonds. The van der Waals surface area contributed by atoms with Crippen LogP contribution in [0, 0.1) is 6.92 Å². The average Bonchev–Trinajstić information content (AvgIpc) is 2.95. The summed E-state index contributed by atoms with van der Waals surface area (Å²) in [5.41, 5.74) is 3.31.